The second kappa shape index (κ2) is 8.47. The Bertz CT molecular complexity index is 1050. The molecule has 0 fully saturated rings. The fourth-order valence-electron chi connectivity index (χ4n) is 2.84. The number of nitrogens with two attached hydrogens (primary N) is 2. The Kier molecular flexibility index (Phi) is 6.13. The van der Waals surface area contributed by atoms with Crippen molar-refractivity contribution >= 4 is 25.7 Å². The molecule has 3 aromatic rings. The summed E-state index contributed by atoms with van der Waals surface area (Å²) in [4.78, 5) is 12.4. The Morgan fingerprint density at radius 2 is 1.23 bits per heavy atom. The molecule has 0 radical (unpaired) electrons. The average Bonchev–Trinajstić information content (AvgIpc) is 2.67. The molecule has 3 aromatic carbocycles. The number of nitrogen functional groups attached to an aromatic ring is 2. The zero-order valence-electron chi connectivity index (χ0n) is 18.7. The van der Waals surface area contributed by atoms with E-state index in [2.05, 4.69) is 33.9 Å². The zero-order valence-corrected chi connectivity index (χ0v) is 19.7. The maximum atomic E-state index is 12.4. The summed E-state index contributed by atoms with van der Waals surface area (Å²) < 4.78 is 11.8. The van der Waals surface area contributed by atoms with Crippen LogP contribution in [-0.2, 0) is 0 Å². The highest BCUT2D eigenvalue weighted by Gasteiger charge is 2.38. The molecule has 0 bridgehead atoms. The van der Waals surface area contributed by atoms with Crippen LogP contribution >= 0.6 is 0 Å². The first-order chi connectivity index (χ1) is 14.4. The van der Waals surface area contributed by atoms with Crippen molar-refractivity contribution in [1.29, 1.82) is 0 Å². The van der Waals surface area contributed by atoms with Gasteiger partial charge in [-0.1, -0.05) is 45.0 Å². The summed E-state index contributed by atoms with van der Waals surface area (Å²) >= 11 is 0. The van der Waals surface area contributed by atoms with Gasteiger partial charge in [0.05, 0.1) is 5.56 Å². The molecule has 5 nitrogen and oxygen atoms in total. The molecule has 0 spiro atoms. The first kappa shape index (κ1) is 22.4. The quantitative estimate of drug-likeness (QED) is 0.218. The van der Waals surface area contributed by atoms with Gasteiger partial charge in [0.15, 0.2) is 0 Å². The maximum absolute atomic E-state index is 12.4. The lowest BCUT2D eigenvalue weighted by molar-refractivity contribution is 0.0735. The van der Waals surface area contributed by atoms with Crippen LogP contribution in [-0.4, -0.2) is 14.3 Å². The van der Waals surface area contributed by atoms with Crippen LogP contribution in [0.2, 0.25) is 18.1 Å². The fourth-order valence-corrected chi connectivity index (χ4v) is 3.87. The molecular weight excluding hydrogens is 404 g/mol. The zero-order chi connectivity index (χ0) is 22.8. The van der Waals surface area contributed by atoms with Gasteiger partial charge in [-0.15, -0.1) is 0 Å². The molecule has 3 rings (SSSR count). The molecule has 4 N–H and O–H groups in total. The van der Waals surface area contributed by atoms with E-state index in [0.717, 1.165) is 16.9 Å². The monoisotopic (exact) mass is 434 g/mol. The van der Waals surface area contributed by atoms with Gasteiger partial charge < -0.3 is 20.6 Å². The fraction of sp³-hybridized carbons (Fsp3) is 0.240. The molecular formula is C25H30N2O3Si. The Balaban J connectivity index is 1.69. The van der Waals surface area contributed by atoms with E-state index in [-0.39, 0.29) is 5.04 Å². The minimum atomic E-state index is -1.86. The molecule has 0 heterocycles. The number of hydrogen-bond acceptors (Lipinski definition) is 5. The predicted octanol–water partition coefficient (Wildman–Crippen LogP) is 6.12. The van der Waals surface area contributed by atoms with Crippen molar-refractivity contribution in [2.75, 3.05) is 11.5 Å². The average molecular weight is 435 g/mol. The van der Waals surface area contributed by atoms with Crippen molar-refractivity contribution < 1.29 is 14.0 Å². The van der Waals surface area contributed by atoms with Crippen LogP contribution in [0.3, 0.4) is 0 Å². The topological polar surface area (TPSA) is 87.6 Å². The second-order valence-electron chi connectivity index (χ2n) is 9.19. The van der Waals surface area contributed by atoms with Crippen molar-refractivity contribution in [3.8, 4) is 22.6 Å². The van der Waals surface area contributed by atoms with Crippen LogP contribution in [0.15, 0.2) is 66.7 Å². The third-order valence-corrected chi connectivity index (χ3v) is 10.0. The summed E-state index contributed by atoms with van der Waals surface area (Å²) in [6, 6.07) is 20.1. The summed E-state index contributed by atoms with van der Waals surface area (Å²) in [6.45, 7) is 11.1. The van der Waals surface area contributed by atoms with Gasteiger partial charge in [0.2, 0.25) is 8.32 Å². The van der Waals surface area contributed by atoms with Crippen LogP contribution in [0.4, 0.5) is 11.4 Å². The molecule has 0 aliphatic heterocycles. The molecule has 0 atom stereocenters. The molecule has 0 amide bonds. The van der Waals surface area contributed by atoms with Gasteiger partial charge in [-0.05, 0) is 71.7 Å². The van der Waals surface area contributed by atoms with Crippen molar-refractivity contribution in [2.45, 2.75) is 38.9 Å². The lowest BCUT2D eigenvalue weighted by atomic mass is 10.1. The Labute approximate surface area is 185 Å². The van der Waals surface area contributed by atoms with Crippen molar-refractivity contribution in [1.82, 2.24) is 0 Å². The SMILES string of the molecule is CC(C)(C)[Si](C)(C)Oc1ccc(-c2ccc(OC(=O)c3cc(N)cc(N)c3)cc2)cc1. The van der Waals surface area contributed by atoms with Gasteiger partial charge in [0.1, 0.15) is 11.5 Å². The number of rotatable bonds is 5. The number of carbonyl (C=O) groups is 1. The Morgan fingerprint density at radius 1 is 0.774 bits per heavy atom. The van der Waals surface area contributed by atoms with Crippen molar-refractivity contribution in [2.24, 2.45) is 0 Å². The summed E-state index contributed by atoms with van der Waals surface area (Å²) in [5.74, 6) is 0.841. The van der Waals surface area contributed by atoms with Gasteiger partial charge in [-0.25, -0.2) is 4.79 Å². The van der Waals surface area contributed by atoms with Crippen LogP contribution < -0.4 is 20.6 Å². The highest BCUT2D eigenvalue weighted by Crippen LogP contribution is 2.37. The third-order valence-electron chi connectivity index (χ3n) is 5.65. The van der Waals surface area contributed by atoms with E-state index >= 15 is 0 Å². The van der Waals surface area contributed by atoms with E-state index in [1.807, 2.05) is 36.4 Å². The maximum Gasteiger partial charge on any atom is 0.343 e. The molecule has 0 unspecified atom stereocenters. The summed E-state index contributed by atoms with van der Waals surface area (Å²) in [5.41, 5.74) is 14.7. The van der Waals surface area contributed by atoms with Gasteiger partial charge in [0, 0.05) is 11.4 Å². The summed E-state index contributed by atoms with van der Waals surface area (Å²) in [6.07, 6.45) is 0. The molecule has 0 aliphatic carbocycles. The molecule has 162 valence electrons. The van der Waals surface area contributed by atoms with E-state index in [0.29, 0.717) is 22.7 Å². The van der Waals surface area contributed by atoms with Crippen LogP contribution in [0.25, 0.3) is 11.1 Å². The number of ether oxygens (including phenoxy) is 1. The van der Waals surface area contributed by atoms with E-state index < -0.39 is 14.3 Å². The van der Waals surface area contributed by atoms with Gasteiger partial charge in [-0.3, -0.25) is 0 Å². The number of benzene rings is 3. The van der Waals surface area contributed by atoms with Gasteiger partial charge in [0.25, 0.3) is 0 Å². The van der Waals surface area contributed by atoms with Crippen LogP contribution in [0, 0.1) is 0 Å². The molecule has 31 heavy (non-hydrogen) atoms. The molecule has 0 aromatic heterocycles. The number of anilines is 2. The molecule has 0 saturated heterocycles. The summed E-state index contributed by atoms with van der Waals surface area (Å²) in [7, 11) is -1.86. The Morgan fingerprint density at radius 3 is 1.68 bits per heavy atom. The standard InChI is InChI=1S/C25H30N2O3Si/c1-25(2,3)31(4,5)30-23-12-8-18(9-13-23)17-6-10-22(11-7-17)29-24(28)19-14-20(26)16-21(27)15-19/h6-16H,26-27H2,1-5H3. The second-order valence-corrected chi connectivity index (χ2v) is 13.9. The van der Waals surface area contributed by atoms with E-state index in [1.165, 1.54) is 0 Å². The van der Waals surface area contributed by atoms with Gasteiger partial charge in [-0.2, -0.15) is 0 Å². The van der Waals surface area contributed by atoms with Crippen LogP contribution in [0.1, 0.15) is 31.1 Å². The number of carbonyl (C=O) groups excluding carboxylic acids is 1. The van der Waals surface area contributed by atoms with Crippen LogP contribution in [0.5, 0.6) is 11.5 Å². The number of esters is 1. The van der Waals surface area contributed by atoms with E-state index in [1.54, 1.807) is 30.3 Å². The van der Waals surface area contributed by atoms with Crippen molar-refractivity contribution in [3.63, 3.8) is 0 Å². The highest BCUT2D eigenvalue weighted by molar-refractivity contribution is 6.74. The molecule has 0 saturated carbocycles. The lowest BCUT2D eigenvalue weighted by Gasteiger charge is -2.36. The normalized spacial score (nSPS) is 11.8. The molecule has 6 heteroatoms. The predicted molar refractivity (Wildman–Crippen MR) is 130 cm³/mol. The molecule has 0 aliphatic rings. The summed E-state index contributed by atoms with van der Waals surface area (Å²) in [5, 5.41) is 0.149. The highest BCUT2D eigenvalue weighted by atomic mass is 28.4. The third kappa shape index (κ3) is 5.47. The van der Waals surface area contributed by atoms with Crippen molar-refractivity contribution in [3.05, 3.63) is 72.3 Å². The minimum Gasteiger partial charge on any atom is -0.544 e. The van der Waals surface area contributed by atoms with Gasteiger partial charge >= 0.3 is 5.97 Å². The lowest BCUT2D eigenvalue weighted by Crippen LogP contribution is -2.43. The smallest absolute Gasteiger partial charge is 0.343 e. The minimum absolute atomic E-state index is 0.149. The Hall–Kier alpha value is -3.25. The van der Waals surface area contributed by atoms with E-state index in [9.17, 15) is 4.79 Å². The number of hydrogen-bond donors (Lipinski definition) is 2. The van der Waals surface area contributed by atoms with E-state index in [4.69, 9.17) is 20.6 Å². The largest absolute Gasteiger partial charge is 0.544 e. The first-order valence-corrected chi connectivity index (χ1v) is 13.1. The first-order valence-electron chi connectivity index (χ1n) is 10.2.